The Morgan fingerprint density at radius 2 is 0.491 bits per heavy atom. The Morgan fingerprint density at radius 3 is 0.700 bits per heavy atom. The fraction of sp³-hybridized carbons (Fsp3) is 0.949. The van der Waals surface area contributed by atoms with E-state index in [0.717, 1.165) is 12.5 Å². The van der Waals surface area contributed by atoms with Crippen LogP contribution in [-0.2, 0) is 151 Å². The van der Waals surface area contributed by atoms with Crippen molar-refractivity contribution in [3.05, 3.63) is 0 Å². The number of carbonyl (C=O) groups excluding carboxylic acids is 3. The van der Waals surface area contributed by atoms with E-state index < -0.39 is 190 Å². The second-order valence-electron chi connectivity index (χ2n) is 28.8. The predicted octanol–water partition coefficient (Wildman–Crippen LogP) is 8.57. The lowest BCUT2D eigenvalue weighted by atomic mass is 10.5. The van der Waals surface area contributed by atoms with Crippen molar-refractivity contribution < 1.29 is 151 Å². The molecule has 0 aliphatic carbocycles. The molecule has 8 unspecified atom stereocenters. The molecule has 8 bridgehead atoms. The number of hydrogen-bond acceptors (Lipinski definition) is 35. The highest BCUT2D eigenvalue weighted by molar-refractivity contribution is 7.00. The van der Waals surface area contributed by atoms with Gasteiger partial charge in [0.25, 0.3) is 0 Å². The van der Waals surface area contributed by atoms with E-state index in [1.807, 2.05) is 20.8 Å². The molecule has 6 heterocycles. The van der Waals surface area contributed by atoms with E-state index in [4.69, 9.17) is 136 Å². The van der Waals surface area contributed by atoms with Crippen molar-refractivity contribution in [3.8, 4) is 0 Å². The van der Waals surface area contributed by atoms with Crippen LogP contribution in [0, 0.1) is 0 Å². The molecule has 38 nitrogen and oxygen atoms in total. The zero-order chi connectivity index (χ0) is 81.4. The van der Waals surface area contributed by atoms with Crippen LogP contribution in [0.2, 0.25) is 18.1 Å². The van der Waals surface area contributed by atoms with Crippen LogP contribution < -0.4 is 16.0 Å². The van der Waals surface area contributed by atoms with Gasteiger partial charge in [0, 0.05) is 152 Å². The highest BCUT2D eigenvalue weighted by atomic mass is 28.7. The fourth-order valence-corrected chi connectivity index (χ4v) is 70.7. The van der Waals surface area contributed by atoms with Crippen LogP contribution in [0.1, 0.15) is 242 Å². The third kappa shape index (κ3) is 31.5. The third-order valence-corrected chi connectivity index (χ3v) is 62.9. The number of nitrogens with one attached hydrogen (secondary N) is 3. The van der Waals surface area contributed by atoms with Crippen LogP contribution in [0.15, 0.2) is 0 Å². The first kappa shape index (κ1) is 104. The minimum atomic E-state index is -6.05. The van der Waals surface area contributed by atoms with Gasteiger partial charge in [0.05, 0.1) is 0 Å². The molecule has 6 rings (SSSR count). The van der Waals surface area contributed by atoms with Gasteiger partial charge in [-0.05, 0) is 206 Å². The molecule has 0 aromatic heterocycles. The van der Waals surface area contributed by atoms with E-state index in [0.29, 0.717) is 26.4 Å². The number of rotatable bonds is 42. The van der Waals surface area contributed by atoms with Gasteiger partial charge in [-0.1, -0.05) is 14.9 Å². The summed E-state index contributed by atoms with van der Waals surface area (Å²) >= 11 is 0. The van der Waals surface area contributed by atoms with Crippen LogP contribution in [0.3, 0.4) is 0 Å². The van der Waals surface area contributed by atoms with Crippen molar-refractivity contribution in [2.75, 3.05) is 39.5 Å². The van der Waals surface area contributed by atoms with Gasteiger partial charge in [-0.25, -0.2) is 0 Å². The lowest BCUT2D eigenvalue weighted by molar-refractivity contribution is -0.156. The maximum atomic E-state index is 12.8. The van der Waals surface area contributed by atoms with Crippen molar-refractivity contribution in [1.82, 2.24) is 16.0 Å². The first-order valence-corrected chi connectivity index (χ1v) is 59.8. The first-order chi connectivity index (χ1) is 50.0. The summed E-state index contributed by atoms with van der Waals surface area (Å²) in [5, 5.41) is 8.46. The van der Waals surface area contributed by atoms with E-state index in [1.54, 1.807) is 166 Å². The van der Waals surface area contributed by atoms with Gasteiger partial charge in [0.2, 0.25) is 17.7 Å². The second-order valence-corrected chi connectivity index (χ2v) is 62.0. The van der Waals surface area contributed by atoms with Crippen molar-refractivity contribution in [1.29, 1.82) is 0 Å². The highest BCUT2D eigenvalue weighted by Crippen LogP contribution is 2.53. The molecule has 0 aromatic carbocycles. The van der Waals surface area contributed by atoms with E-state index in [9.17, 15) is 14.4 Å². The van der Waals surface area contributed by atoms with E-state index in [-0.39, 0.29) is 70.6 Å². The van der Waals surface area contributed by atoms with Crippen LogP contribution in [-0.4, -0.2) is 247 Å². The number of amides is 3. The summed E-state index contributed by atoms with van der Waals surface area (Å²) in [5.41, 5.74) is 0. The molecule has 0 saturated carbocycles. The molecule has 3 N–H and O–H groups in total. The molecular weight excluding hydrogens is 1680 g/mol. The monoisotopic (exact) mass is 1810 g/mol. The summed E-state index contributed by atoms with van der Waals surface area (Å²) in [6.07, 6.45) is -9.28. The average Bonchev–Trinajstić information content (AvgIpc) is 0.684. The number of fused-ring (bicyclic) bond motifs is 6. The van der Waals surface area contributed by atoms with Crippen molar-refractivity contribution >= 4 is 135 Å². The summed E-state index contributed by atoms with van der Waals surface area (Å²) in [4.78, 5) is 36.3. The van der Waals surface area contributed by atoms with Gasteiger partial charge in [-0.15, -0.1) is 0 Å². The molecule has 8 atom stereocenters. The minimum absolute atomic E-state index is 0. The Hall–Kier alpha value is -0.0505. The van der Waals surface area contributed by atoms with Gasteiger partial charge < -0.3 is 152 Å². The van der Waals surface area contributed by atoms with E-state index >= 15 is 0 Å². The summed E-state index contributed by atoms with van der Waals surface area (Å²) in [6, 6.07) is 0.0317. The molecule has 6 aliphatic heterocycles. The smallest absolute Gasteiger partial charge is 0.374 e. The van der Waals surface area contributed by atoms with Crippen LogP contribution in [0.25, 0.3) is 0 Å². The van der Waals surface area contributed by atoms with Crippen molar-refractivity contribution in [3.63, 3.8) is 0 Å². The Morgan fingerprint density at radius 1 is 0.282 bits per heavy atom. The summed E-state index contributed by atoms with van der Waals surface area (Å²) in [6.45, 7) is 53.4. The molecule has 3 amide bonds. The largest absolute Gasteiger partial charge is 0.668 e. The fourth-order valence-electron chi connectivity index (χ4n) is 10.8. The lowest BCUT2D eigenvalue weighted by Gasteiger charge is -2.59. The molecular formula is C59H137N3O35Si13. The Kier molecular flexibility index (Phi) is 41.6. The molecule has 6 aliphatic rings. The highest BCUT2D eigenvalue weighted by Gasteiger charge is 2.92. The summed E-state index contributed by atoms with van der Waals surface area (Å²) in [5.74, 6) is -0.735. The second kappa shape index (κ2) is 44.0. The molecule has 0 radical (unpaired) electrons. The van der Waals surface area contributed by atoms with Crippen molar-refractivity contribution in [2.45, 2.75) is 333 Å². The standard InChI is InChI=1S/C46H104N2O31Si12.C11H25NO4Si.2CH4/c1-33(2)51-82(52-34(3)4)63-80(31-27-29-47-45(25)49)65-86(59-41(17)18)72-85(57-39(13)14,58-40(15)16)74-89(62-44(23)24)70-83(53-35(5)6,54-36(7)8)64-81(32-28-30-48-46(26)50)66-87(60-42(19)20)71-84(55-37(9)10,56-38(11)12)73-88(69-82,61-43(21)22)77-90(67-80,76-87)79-91(68-81,75-86)78-89;1-5-14-17(15-6-2,16-7-3)10-8-9-12-11(4)13;;/h33-44H,27-32H2,1-26H3,(H,47,49)(H,48,50);5-10H2,1-4H3,(H,12,13);2*1H4. The first-order valence-electron chi connectivity index (χ1n) is 37.7. The van der Waals surface area contributed by atoms with Crippen LogP contribution in [0.5, 0.6) is 0 Å². The third-order valence-electron chi connectivity index (χ3n) is 13.2. The molecule has 650 valence electrons. The number of carbonyl (C=O) groups is 3. The van der Waals surface area contributed by atoms with Gasteiger partial charge in [-0.3, -0.25) is 14.4 Å². The Labute approximate surface area is 670 Å². The predicted molar refractivity (Wildman–Crippen MR) is 421 cm³/mol. The summed E-state index contributed by atoms with van der Waals surface area (Å²) in [7, 11) is -69.1. The van der Waals surface area contributed by atoms with Crippen LogP contribution in [0.4, 0.5) is 0 Å². The van der Waals surface area contributed by atoms with Crippen molar-refractivity contribution in [2.24, 2.45) is 0 Å². The van der Waals surface area contributed by atoms with Gasteiger partial charge in [0.15, 0.2) is 0 Å². The Balaban J connectivity index is 0.00000146. The van der Waals surface area contributed by atoms with Crippen LogP contribution >= 0.6 is 0 Å². The van der Waals surface area contributed by atoms with E-state index in [2.05, 4.69) is 16.0 Å². The molecule has 110 heavy (non-hydrogen) atoms. The summed E-state index contributed by atoms with van der Waals surface area (Å²) < 4.78 is 230. The lowest BCUT2D eigenvalue weighted by Crippen LogP contribution is -2.90. The Bertz CT molecular complexity index is 2590. The normalized spacial score (nSPS) is 29.1. The zero-order valence-corrected chi connectivity index (χ0v) is 82.2. The van der Waals surface area contributed by atoms with Gasteiger partial charge in [-0.2, -0.15) is 0 Å². The maximum Gasteiger partial charge on any atom is 0.668 e. The quantitative estimate of drug-likeness (QED) is 0.0380. The molecule has 2 spiro atoms. The molecule has 6 saturated heterocycles. The maximum absolute atomic E-state index is 12.8. The zero-order valence-electron chi connectivity index (χ0n) is 69.2. The average molecular weight is 1810 g/mol. The SMILES string of the molecule is C.C.CC(=O)NCCC[Si]12O[Si](OC(C)C)(OC(C)C)O[Si]3(OC(C)C)O[Si](OC(C)C)(OC(C)C)O[Si]4(OC(C)C)O[Si]5(CCCNC(C)=O)O[Si](OC(C)C)(OC(C)C)O[Si]6(OC(C)C)O[Si](OC(C)C)(OC(C)C)O[Si](OC(C)C)(O1)O[Si](O5)(O6)O[Si](O2)(O4)O3.CCO[Si](CCCNC(C)=O)(OCC)OCC. The molecule has 6 fully saturated rings. The minimum Gasteiger partial charge on any atom is -0.374 e. The topological polar surface area (TPSA) is 383 Å². The van der Waals surface area contributed by atoms with Gasteiger partial charge >= 0.3 is 117 Å². The van der Waals surface area contributed by atoms with Gasteiger partial charge in [0.1, 0.15) is 0 Å². The molecule has 0 aromatic rings. The molecule has 51 heteroatoms. The number of hydrogen-bond donors (Lipinski definition) is 3. The van der Waals surface area contributed by atoms with E-state index in [1.165, 1.54) is 20.8 Å².